The van der Waals surface area contributed by atoms with Gasteiger partial charge in [0.25, 0.3) is 0 Å². The molecular formula is C54H97O23P. The number of aliphatic hydroxyl groups excluding tert-OH is 11. The maximum absolute atomic E-state index is 14.0. The number of allylic oxidation sites excluding steroid dienone is 4. The van der Waals surface area contributed by atoms with Gasteiger partial charge in [-0.1, -0.05) is 122 Å². The van der Waals surface area contributed by atoms with Gasteiger partial charge in [-0.2, -0.15) is 0 Å². The molecule has 23 nitrogen and oxygen atoms in total. The summed E-state index contributed by atoms with van der Waals surface area (Å²) in [6.45, 7) is 0.947. The van der Waals surface area contributed by atoms with Crippen molar-refractivity contribution in [1.29, 1.82) is 0 Å². The third kappa shape index (κ3) is 25.2. The van der Waals surface area contributed by atoms with Crippen molar-refractivity contribution in [2.75, 3.05) is 26.4 Å². The van der Waals surface area contributed by atoms with E-state index >= 15 is 0 Å². The van der Waals surface area contributed by atoms with Crippen molar-refractivity contribution in [3.8, 4) is 0 Å². The summed E-state index contributed by atoms with van der Waals surface area (Å²) in [4.78, 5) is 37.4. The zero-order chi connectivity index (χ0) is 57.5. The molecule has 0 aromatic carbocycles. The fourth-order valence-electron chi connectivity index (χ4n) is 9.40. The fourth-order valence-corrected chi connectivity index (χ4v) is 10.4. The summed E-state index contributed by atoms with van der Waals surface area (Å²) in [6, 6.07) is 0. The van der Waals surface area contributed by atoms with E-state index in [0.29, 0.717) is 19.3 Å². The molecule has 1 saturated carbocycles. The zero-order valence-electron chi connectivity index (χ0n) is 45.9. The van der Waals surface area contributed by atoms with Crippen LogP contribution in [0.25, 0.3) is 0 Å². The van der Waals surface area contributed by atoms with Crippen molar-refractivity contribution in [3.05, 3.63) is 24.3 Å². The number of phosphoric ester groups is 1. The molecule has 16 atom stereocenters. The van der Waals surface area contributed by atoms with Crippen molar-refractivity contribution in [2.45, 2.75) is 279 Å². The van der Waals surface area contributed by atoms with E-state index in [1.54, 1.807) is 0 Å². The van der Waals surface area contributed by atoms with E-state index in [4.69, 9.17) is 37.5 Å². The number of rotatable bonds is 41. The Morgan fingerprint density at radius 1 is 0.474 bits per heavy atom. The molecule has 0 spiro atoms. The molecule has 3 rings (SSSR count). The Labute approximate surface area is 460 Å². The van der Waals surface area contributed by atoms with E-state index < -0.39 is 150 Å². The lowest BCUT2D eigenvalue weighted by atomic mass is 9.84. The first-order chi connectivity index (χ1) is 37.4. The highest BCUT2D eigenvalue weighted by Gasteiger charge is 2.58. The van der Waals surface area contributed by atoms with Crippen LogP contribution in [0.3, 0.4) is 0 Å². The van der Waals surface area contributed by atoms with Crippen molar-refractivity contribution < 1.29 is 113 Å². The van der Waals surface area contributed by atoms with E-state index in [1.807, 2.05) is 0 Å². The second kappa shape index (κ2) is 39.4. The van der Waals surface area contributed by atoms with Crippen LogP contribution < -0.4 is 0 Å². The van der Waals surface area contributed by atoms with E-state index in [1.165, 1.54) is 70.6 Å². The van der Waals surface area contributed by atoms with Gasteiger partial charge in [-0.3, -0.25) is 18.6 Å². The van der Waals surface area contributed by atoms with Crippen LogP contribution in [-0.4, -0.2) is 204 Å². The Kier molecular flexibility index (Phi) is 35.5. The quantitative estimate of drug-likeness (QED) is 0.0181. The second-order valence-corrected chi connectivity index (χ2v) is 22.2. The van der Waals surface area contributed by atoms with Crippen molar-refractivity contribution >= 4 is 19.8 Å². The van der Waals surface area contributed by atoms with Crippen molar-refractivity contribution in [2.24, 2.45) is 0 Å². The van der Waals surface area contributed by atoms with Crippen molar-refractivity contribution in [3.63, 3.8) is 0 Å². The lowest BCUT2D eigenvalue weighted by molar-refractivity contribution is -0.360. The first kappa shape index (κ1) is 70.2. The molecule has 0 aromatic heterocycles. The van der Waals surface area contributed by atoms with Crippen LogP contribution in [-0.2, 0) is 51.6 Å². The summed E-state index contributed by atoms with van der Waals surface area (Å²) < 4.78 is 58.0. The molecule has 0 aromatic rings. The predicted molar refractivity (Wildman–Crippen MR) is 282 cm³/mol. The van der Waals surface area contributed by atoms with Crippen molar-refractivity contribution in [1.82, 2.24) is 0 Å². The maximum atomic E-state index is 14.0. The summed E-state index contributed by atoms with van der Waals surface area (Å²) in [6.07, 6.45) is -2.48. The van der Waals surface area contributed by atoms with Gasteiger partial charge in [0.15, 0.2) is 18.7 Å². The maximum Gasteiger partial charge on any atom is 0.472 e. The highest BCUT2D eigenvalue weighted by atomic mass is 31.2. The summed E-state index contributed by atoms with van der Waals surface area (Å²) in [5, 5.41) is 116. The minimum Gasteiger partial charge on any atom is -0.462 e. The average molecular weight is 1150 g/mol. The van der Waals surface area contributed by atoms with Gasteiger partial charge >= 0.3 is 19.8 Å². The van der Waals surface area contributed by atoms with E-state index in [9.17, 15) is 75.2 Å². The van der Waals surface area contributed by atoms with E-state index in [2.05, 4.69) is 38.2 Å². The number of unbranched alkanes of at least 4 members (excludes halogenated alkanes) is 19. The van der Waals surface area contributed by atoms with Crippen LogP contribution in [0.15, 0.2) is 24.3 Å². The molecule has 1 aliphatic carbocycles. The molecule has 2 heterocycles. The smallest absolute Gasteiger partial charge is 0.462 e. The number of carbonyl (C=O) groups excluding carboxylic acids is 2. The lowest BCUT2D eigenvalue weighted by Crippen LogP contribution is -2.69. The topological polar surface area (TPSA) is 368 Å². The summed E-state index contributed by atoms with van der Waals surface area (Å²) >= 11 is 0. The Hall–Kier alpha value is -2.07. The summed E-state index contributed by atoms with van der Waals surface area (Å²) in [7, 11) is -5.64. The molecule has 78 heavy (non-hydrogen) atoms. The van der Waals surface area contributed by atoms with Gasteiger partial charge in [0.2, 0.25) is 0 Å². The summed E-state index contributed by atoms with van der Waals surface area (Å²) in [5.74, 6) is -1.37. The highest BCUT2D eigenvalue weighted by Crippen LogP contribution is 2.49. The van der Waals surface area contributed by atoms with Gasteiger partial charge < -0.3 is 89.5 Å². The predicted octanol–water partition coefficient (Wildman–Crippen LogP) is 3.31. The van der Waals surface area contributed by atoms with Gasteiger partial charge in [-0.25, -0.2) is 4.57 Å². The minimum atomic E-state index is -5.64. The average Bonchev–Trinajstić information content (AvgIpc) is 3.47. The Morgan fingerprint density at radius 3 is 1.26 bits per heavy atom. The number of esters is 2. The SMILES string of the molecule is CCCCCCCCC=CCCCCCC(=O)OC(COC(=O)CCCCCC=CCCCCCCCCC)COP(=O)(O)OC1C(OC2OC(CO)C(O)C(O)C2O)C(O)C(O)C(O)C1OC1OC(CO)C(O)C(O)C1O. The van der Waals surface area contributed by atoms with E-state index in [0.717, 1.165) is 57.8 Å². The van der Waals surface area contributed by atoms with Gasteiger partial charge in [0.1, 0.15) is 92.1 Å². The monoisotopic (exact) mass is 1140 g/mol. The number of hydrogen-bond acceptors (Lipinski definition) is 22. The second-order valence-electron chi connectivity index (χ2n) is 20.8. The van der Waals surface area contributed by atoms with Gasteiger partial charge in [-0.15, -0.1) is 0 Å². The van der Waals surface area contributed by atoms with Gasteiger partial charge in [0.05, 0.1) is 19.8 Å². The third-order valence-corrected chi connectivity index (χ3v) is 15.2. The molecule has 16 unspecified atom stereocenters. The van der Waals surface area contributed by atoms with Gasteiger partial charge in [0, 0.05) is 12.8 Å². The molecule has 0 bridgehead atoms. The lowest BCUT2D eigenvalue weighted by Gasteiger charge is -2.49. The minimum absolute atomic E-state index is 0.0299. The molecule has 24 heteroatoms. The van der Waals surface area contributed by atoms with E-state index in [-0.39, 0.29) is 12.8 Å². The first-order valence-electron chi connectivity index (χ1n) is 28.7. The Morgan fingerprint density at radius 2 is 0.846 bits per heavy atom. The third-order valence-electron chi connectivity index (χ3n) is 14.2. The number of aliphatic hydroxyl groups is 11. The van der Waals surface area contributed by atoms with Crippen LogP contribution >= 0.6 is 7.82 Å². The molecule has 0 radical (unpaired) electrons. The molecule has 2 aliphatic heterocycles. The van der Waals surface area contributed by atoms with Crippen LogP contribution in [0.5, 0.6) is 0 Å². The van der Waals surface area contributed by atoms with Crippen LogP contribution in [0.1, 0.15) is 174 Å². The fraction of sp³-hybridized carbons (Fsp3) is 0.889. The number of phosphoric acid groups is 1. The molecule has 3 aliphatic rings. The van der Waals surface area contributed by atoms with Crippen LogP contribution in [0, 0.1) is 0 Å². The molecule has 0 amide bonds. The Bertz CT molecular complexity index is 1660. The number of hydrogen-bond donors (Lipinski definition) is 12. The van der Waals surface area contributed by atoms with Crippen LogP contribution in [0.2, 0.25) is 0 Å². The molecule has 456 valence electrons. The highest BCUT2D eigenvalue weighted by molar-refractivity contribution is 7.47. The molecular weight excluding hydrogens is 1050 g/mol. The number of ether oxygens (including phenoxy) is 6. The normalized spacial score (nSPS) is 31.9. The van der Waals surface area contributed by atoms with Gasteiger partial charge in [-0.05, 0) is 64.2 Å². The molecule has 12 N–H and O–H groups in total. The number of carbonyl (C=O) groups is 2. The standard InChI is InChI=1S/C54H97O23P/c1-3-5-7-9-11-13-15-17-19-20-22-24-26-28-30-39(57)70-34-36(72-40(58)31-29-27-25-23-21-18-16-14-12-10-8-6-4-2)35-71-78(68,69)77-52-50(75-53-48(66)43(61)41(59)37(32-55)73-53)46(64)45(63)47(65)51(52)76-54-49(67)44(62)42(60)38(33-56)74-54/h18-21,36-38,41-56,59-67H,3-17,22-35H2,1-2H3,(H,68,69). The zero-order valence-corrected chi connectivity index (χ0v) is 46.8. The Balaban J connectivity index is 1.73. The largest absolute Gasteiger partial charge is 0.472 e. The molecule has 3 fully saturated rings. The molecule has 2 saturated heterocycles. The van der Waals surface area contributed by atoms with Crippen LogP contribution in [0.4, 0.5) is 0 Å². The first-order valence-corrected chi connectivity index (χ1v) is 30.2. The summed E-state index contributed by atoms with van der Waals surface area (Å²) in [5.41, 5.74) is 0.